The lowest BCUT2D eigenvalue weighted by Crippen LogP contribution is -2.25. The highest BCUT2D eigenvalue weighted by atomic mass is 16.4. The van der Waals surface area contributed by atoms with Gasteiger partial charge < -0.3 is 10.4 Å². The zero-order chi connectivity index (χ0) is 16.5. The van der Waals surface area contributed by atoms with Gasteiger partial charge in [0.15, 0.2) is 5.69 Å². The maximum absolute atomic E-state index is 12.0. The summed E-state index contributed by atoms with van der Waals surface area (Å²) >= 11 is 0. The Labute approximate surface area is 135 Å². The van der Waals surface area contributed by atoms with Crippen LogP contribution in [0.4, 0.5) is 0 Å². The Morgan fingerprint density at radius 3 is 2.52 bits per heavy atom. The first-order valence-electron chi connectivity index (χ1n) is 7.78. The number of unbranched alkanes of at least 4 members (excludes halogenated alkanes) is 3. The first-order chi connectivity index (χ1) is 11.2. The molecule has 1 amide bonds. The van der Waals surface area contributed by atoms with E-state index in [-0.39, 0.29) is 12.3 Å². The molecule has 0 radical (unpaired) electrons. The summed E-state index contributed by atoms with van der Waals surface area (Å²) in [5.74, 6) is -0.947. The van der Waals surface area contributed by atoms with E-state index in [1.54, 1.807) is 16.9 Å². The van der Waals surface area contributed by atoms with Crippen molar-refractivity contribution in [3.05, 3.63) is 48.3 Å². The van der Waals surface area contributed by atoms with Crippen LogP contribution in [0.25, 0.3) is 5.69 Å². The van der Waals surface area contributed by atoms with Crippen molar-refractivity contribution in [2.75, 3.05) is 6.54 Å². The predicted molar refractivity (Wildman–Crippen MR) is 86.6 cm³/mol. The number of carbonyl (C=O) groups is 2. The summed E-state index contributed by atoms with van der Waals surface area (Å²) in [7, 11) is 0. The molecule has 2 N–H and O–H groups in total. The van der Waals surface area contributed by atoms with Crippen LogP contribution >= 0.6 is 0 Å². The number of aromatic nitrogens is 2. The molecular weight excluding hydrogens is 294 g/mol. The highest BCUT2D eigenvalue weighted by Crippen LogP contribution is 2.07. The van der Waals surface area contributed by atoms with Crippen molar-refractivity contribution in [3.8, 4) is 5.69 Å². The molecule has 0 aliphatic rings. The molecule has 0 unspecified atom stereocenters. The topological polar surface area (TPSA) is 84.2 Å². The van der Waals surface area contributed by atoms with Crippen LogP contribution in [-0.4, -0.2) is 33.3 Å². The molecule has 6 nitrogen and oxygen atoms in total. The lowest BCUT2D eigenvalue weighted by atomic mass is 10.1. The summed E-state index contributed by atoms with van der Waals surface area (Å²) in [6, 6.07) is 11.3. The van der Waals surface area contributed by atoms with Crippen LogP contribution in [0, 0.1) is 0 Å². The molecule has 23 heavy (non-hydrogen) atoms. The zero-order valence-electron chi connectivity index (χ0n) is 12.9. The van der Waals surface area contributed by atoms with E-state index in [4.69, 9.17) is 5.11 Å². The van der Waals surface area contributed by atoms with Crippen molar-refractivity contribution < 1.29 is 14.7 Å². The fourth-order valence-corrected chi connectivity index (χ4v) is 2.22. The molecule has 1 heterocycles. The number of benzene rings is 1. The highest BCUT2D eigenvalue weighted by Gasteiger charge is 2.09. The summed E-state index contributed by atoms with van der Waals surface area (Å²) in [6.45, 7) is 0.574. The number of hydrogen-bond acceptors (Lipinski definition) is 3. The minimum absolute atomic E-state index is 0.190. The number of carbonyl (C=O) groups excluding carboxylic acids is 1. The van der Waals surface area contributed by atoms with Gasteiger partial charge in [-0.05, 0) is 31.0 Å². The predicted octanol–water partition coefficient (Wildman–Crippen LogP) is 2.64. The third-order valence-corrected chi connectivity index (χ3v) is 3.45. The molecule has 0 aliphatic heterocycles. The third-order valence-electron chi connectivity index (χ3n) is 3.45. The standard InChI is InChI=1S/C17H21N3O3/c21-16(22)10-6-1-2-7-12-18-17(23)15-11-13-20(19-15)14-8-4-3-5-9-14/h3-5,8-9,11,13H,1-2,6-7,10,12H2,(H,18,23)(H,21,22). The molecule has 2 rings (SSSR count). The van der Waals surface area contributed by atoms with Gasteiger partial charge in [0.05, 0.1) is 5.69 Å². The maximum atomic E-state index is 12.0. The summed E-state index contributed by atoms with van der Waals surface area (Å²) < 4.78 is 1.67. The van der Waals surface area contributed by atoms with Crippen molar-refractivity contribution in [2.24, 2.45) is 0 Å². The summed E-state index contributed by atoms with van der Waals surface area (Å²) in [4.78, 5) is 22.4. The molecule has 0 aliphatic carbocycles. The van der Waals surface area contributed by atoms with E-state index in [1.807, 2.05) is 30.3 Å². The number of aliphatic carboxylic acids is 1. The van der Waals surface area contributed by atoms with Crippen LogP contribution in [-0.2, 0) is 4.79 Å². The van der Waals surface area contributed by atoms with Crippen LogP contribution < -0.4 is 5.32 Å². The van der Waals surface area contributed by atoms with Crippen molar-refractivity contribution in [1.29, 1.82) is 0 Å². The lowest BCUT2D eigenvalue weighted by molar-refractivity contribution is -0.137. The molecule has 2 aromatic rings. The smallest absolute Gasteiger partial charge is 0.303 e. The molecule has 0 fully saturated rings. The van der Waals surface area contributed by atoms with Gasteiger partial charge in [-0.25, -0.2) is 4.68 Å². The van der Waals surface area contributed by atoms with Gasteiger partial charge in [0.1, 0.15) is 0 Å². The number of amides is 1. The molecule has 0 saturated heterocycles. The lowest BCUT2D eigenvalue weighted by Gasteiger charge is -2.03. The second kappa shape index (κ2) is 8.73. The second-order valence-electron chi connectivity index (χ2n) is 5.29. The average Bonchev–Trinajstić information content (AvgIpc) is 3.04. The summed E-state index contributed by atoms with van der Waals surface area (Å²) in [5, 5.41) is 15.6. The van der Waals surface area contributed by atoms with Crippen molar-refractivity contribution >= 4 is 11.9 Å². The Balaban J connectivity index is 1.70. The van der Waals surface area contributed by atoms with Gasteiger partial charge in [-0.1, -0.05) is 31.0 Å². The summed E-state index contributed by atoms with van der Waals surface area (Å²) in [5.41, 5.74) is 1.30. The Kier molecular flexibility index (Phi) is 6.35. The van der Waals surface area contributed by atoms with Crippen LogP contribution in [0.2, 0.25) is 0 Å². The maximum Gasteiger partial charge on any atom is 0.303 e. The van der Waals surface area contributed by atoms with Gasteiger partial charge >= 0.3 is 5.97 Å². The molecule has 122 valence electrons. The van der Waals surface area contributed by atoms with Gasteiger partial charge in [0, 0.05) is 19.2 Å². The first-order valence-corrected chi connectivity index (χ1v) is 7.78. The number of rotatable bonds is 9. The zero-order valence-corrected chi connectivity index (χ0v) is 12.9. The average molecular weight is 315 g/mol. The molecule has 0 bridgehead atoms. The Morgan fingerprint density at radius 1 is 1.04 bits per heavy atom. The van der Waals surface area contributed by atoms with Gasteiger partial charge in [-0.2, -0.15) is 5.10 Å². The van der Waals surface area contributed by atoms with E-state index in [0.29, 0.717) is 18.7 Å². The number of carboxylic acid groups (broad SMARTS) is 1. The molecule has 1 aromatic carbocycles. The highest BCUT2D eigenvalue weighted by molar-refractivity contribution is 5.92. The normalized spacial score (nSPS) is 10.4. The fraction of sp³-hybridized carbons (Fsp3) is 0.353. The number of hydrogen-bond donors (Lipinski definition) is 2. The van der Waals surface area contributed by atoms with E-state index >= 15 is 0 Å². The molecule has 1 aromatic heterocycles. The van der Waals surface area contributed by atoms with Crippen molar-refractivity contribution in [3.63, 3.8) is 0 Å². The SMILES string of the molecule is O=C(O)CCCCCCNC(=O)c1ccn(-c2ccccc2)n1. The number of nitrogens with zero attached hydrogens (tertiary/aromatic N) is 2. The van der Waals surface area contributed by atoms with Gasteiger partial charge in [0.2, 0.25) is 0 Å². The van der Waals surface area contributed by atoms with Gasteiger partial charge in [0.25, 0.3) is 5.91 Å². The minimum atomic E-state index is -0.757. The Morgan fingerprint density at radius 2 is 1.78 bits per heavy atom. The van der Waals surface area contributed by atoms with Crippen LogP contribution in [0.15, 0.2) is 42.6 Å². The van der Waals surface area contributed by atoms with E-state index < -0.39 is 5.97 Å². The fourth-order valence-electron chi connectivity index (χ4n) is 2.22. The number of nitrogens with one attached hydrogen (secondary N) is 1. The Bertz CT molecular complexity index is 638. The molecule has 6 heteroatoms. The molecular formula is C17H21N3O3. The Hall–Kier alpha value is -2.63. The quantitative estimate of drug-likeness (QED) is 0.697. The monoisotopic (exact) mass is 315 g/mol. The largest absolute Gasteiger partial charge is 0.481 e. The van der Waals surface area contributed by atoms with Crippen LogP contribution in [0.5, 0.6) is 0 Å². The third kappa shape index (κ3) is 5.58. The van der Waals surface area contributed by atoms with Crippen molar-refractivity contribution in [2.45, 2.75) is 32.1 Å². The number of carboxylic acids is 1. The van der Waals surface area contributed by atoms with E-state index in [2.05, 4.69) is 10.4 Å². The van der Waals surface area contributed by atoms with Gasteiger partial charge in [-0.3, -0.25) is 9.59 Å². The van der Waals surface area contributed by atoms with Gasteiger partial charge in [-0.15, -0.1) is 0 Å². The summed E-state index contributed by atoms with van der Waals surface area (Å²) in [6.07, 6.45) is 5.27. The van der Waals surface area contributed by atoms with Crippen LogP contribution in [0.3, 0.4) is 0 Å². The minimum Gasteiger partial charge on any atom is -0.481 e. The first kappa shape index (κ1) is 16.7. The van der Waals surface area contributed by atoms with E-state index in [1.165, 1.54) is 0 Å². The van der Waals surface area contributed by atoms with Crippen LogP contribution in [0.1, 0.15) is 42.6 Å². The van der Waals surface area contributed by atoms with E-state index in [0.717, 1.165) is 24.9 Å². The molecule has 0 spiro atoms. The number of para-hydroxylation sites is 1. The molecule has 0 atom stereocenters. The van der Waals surface area contributed by atoms with Crippen molar-refractivity contribution in [1.82, 2.24) is 15.1 Å². The molecule has 0 saturated carbocycles. The second-order valence-corrected chi connectivity index (χ2v) is 5.29. The van der Waals surface area contributed by atoms with E-state index in [9.17, 15) is 9.59 Å².